The second-order valence-electron chi connectivity index (χ2n) is 7.11. The number of amidine groups is 1. The van der Waals surface area contributed by atoms with Gasteiger partial charge < -0.3 is 5.73 Å². The molecule has 0 atom stereocenters. The van der Waals surface area contributed by atoms with Crippen LogP contribution in [0.1, 0.15) is 15.9 Å². The third-order valence-corrected chi connectivity index (χ3v) is 5.03. The number of nitrogens with zero attached hydrogens (tertiary/aromatic N) is 3. The SMILES string of the molecule is C=NC(=Nc1cc(-c2ccc(F)c(F)c2)ccc1-c1ccccc1C(N)=O)c1cccnc1. The number of carbonyl (C=O) groups excluding carboxylic acids is 1. The van der Waals surface area contributed by atoms with Crippen molar-refractivity contribution in [3.63, 3.8) is 0 Å². The number of hydrogen-bond acceptors (Lipinski definition) is 3. The first kappa shape index (κ1) is 21.7. The molecule has 162 valence electrons. The van der Waals surface area contributed by atoms with E-state index >= 15 is 0 Å². The van der Waals surface area contributed by atoms with Crippen molar-refractivity contribution in [2.24, 2.45) is 15.7 Å². The van der Waals surface area contributed by atoms with Crippen LogP contribution in [0.5, 0.6) is 0 Å². The summed E-state index contributed by atoms with van der Waals surface area (Å²) in [6.45, 7) is 3.61. The molecule has 1 aromatic heterocycles. The van der Waals surface area contributed by atoms with Crippen LogP contribution in [0.4, 0.5) is 14.5 Å². The highest BCUT2D eigenvalue weighted by molar-refractivity contribution is 6.05. The Kier molecular flexibility index (Phi) is 6.13. The number of amides is 1. The van der Waals surface area contributed by atoms with E-state index in [0.29, 0.717) is 44.9 Å². The standard InChI is InChI=1S/C26H18F2N4O/c1-30-26(18-5-4-12-31-15-18)32-24-14-17(16-9-11-22(27)23(28)13-16)8-10-20(24)19-6-2-3-7-21(19)25(29)33/h2-15H,1H2,(H2,29,33). The molecule has 0 saturated heterocycles. The summed E-state index contributed by atoms with van der Waals surface area (Å²) in [5, 5.41) is 0. The van der Waals surface area contributed by atoms with Crippen molar-refractivity contribution >= 4 is 24.1 Å². The van der Waals surface area contributed by atoms with Crippen LogP contribution in [0, 0.1) is 11.6 Å². The van der Waals surface area contributed by atoms with Gasteiger partial charge in [-0.3, -0.25) is 9.78 Å². The van der Waals surface area contributed by atoms with Gasteiger partial charge in [-0.2, -0.15) is 0 Å². The van der Waals surface area contributed by atoms with Crippen molar-refractivity contribution in [1.82, 2.24) is 4.98 Å². The van der Waals surface area contributed by atoms with Crippen LogP contribution >= 0.6 is 0 Å². The zero-order chi connectivity index (χ0) is 23.4. The fraction of sp³-hybridized carbons (Fsp3) is 0. The number of aliphatic imine (C=N–C) groups is 2. The molecular formula is C26H18F2N4O. The van der Waals surface area contributed by atoms with Crippen molar-refractivity contribution in [3.05, 3.63) is 108 Å². The van der Waals surface area contributed by atoms with Crippen LogP contribution < -0.4 is 5.73 Å². The fourth-order valence-electron chi connectivity index (χ4n) is 3.44. The molecule has 0 radical (unpaired) electrons. The van der Waals surface area contributed by atoms with Gasteiger partial charge in [-0.25, -0.2) is 18.8 Å². The molecule has 4 rings (SSSR count). The van der Waals surface area contributed by atoms with Crippen LogP contribution in [0.15, 0.2) is 95.2 Å². The average molecular weight is 440 g/mol. The van der Waals surface area contributed by atoms with Crippen molar-refractivity contribution in [2.45, 2.75) is 0 Å². The monoisotopic (exact) mass is 440 g/mol. The smallest absolute Gasteiger partial charge is 0.249 e. The van der Waals surface area contributed by atoms with Crippen molar-refractivity contribution < 1.29 is 13.6 Å². The lowest BCUT2D eigenvalue weighted by Crippen LogP contribution is -2.12. The molecule has 0 spiro atoms. The van der Waals surface area contributed by atoms with Crippen LogP contribution in [0.25, 0.3) is 22.3 Å². The molecular weight excluding hydrogens is 422 g/mol. The van der Waals surface area contributed by atoms with Crippen molar-refractivity contribution in [2.75, 3.05) is 0 Å². The van der Waals surface area contributed by atoms with Gasteiger partial charge in [0.05, 0.1) is 5.69 Å². The summed E-state index contributed by atoms with van der Waals surface area (Å²) in [5.41, 5.74) is 9.24. The molecule has 4 aromatic rings. The normalized spacial score (nSPS) is 11.3. The highest BCUT2D eigenvalue weighted by Gasteiger charge is 2.15. The maximum Gasteiger partial charge on any atom is 0.249 e. The van der Waals surface area contributed by atoms with E-state index < -0.39 is 17.5 Å². The average Bonchev–Trinajstić information content (AvgIpc) is 2.84. The van der Waals surface area contributed by atoms with E-state index in [9.17, 15) is 13.6 Å². The molecule has 33 heavy (non-hydrogen) atoms. The summed E-state index contributed by atoms with van der Waals surface area (Å²) in [7, 11) is 0. The third-order valence-electron chi connectivity index (χ3n) is 5.03. The molecule has 0 aliphatic heterocycles. The highest BCUT2D eigenvalue weighted by Crippen LogP contribution is 2.37. The van der Waals surface area contributed by atoms with Crippen LogP contribution in [-0.4, -0.2) is 23.4 Å². The molecule has 7 heteroatoms. The van der Waals surface area contributed by atoms with Gasteiger partial charge in [0.15, 0.2) is 17.5 Å². The van der Waals surface area contributed by atoms with E-state index in [1.807, 2.05) is 0 Å². The number of aromatic nitrogens is 1. The summed E-state index contributed by atoms with van der Waals surface area (Å²) in [6.07, 6.45) is 3.23. The van der Waals surface area contributed by atoms with Crippen LogP contribution in [0.2, 0.25) is 0 Å². The first-order valence-corrected chi connectivity index (χ1v) is 9.92. The van der Waals surface area contributed by atoms with E-state index in [1.165, 1.54) is 6.07 Å². The van der Waals surface area contributed by atoms with Gasteiger partial charge in [-0.05, 0) is 59.8 Å². The Morgan fingerprint density at radius 2 is 1.64 bits per heavy atom. The number of rotatable bonds is 5. The van der Waals surface area contributed by atoms with Gasteiger partial charge in [-0.15, -0.1) is 0 Å². The number of carbonyl (C=O) groups is 1. The van der Waals surface area contributed by atoms with E-state index in [1.54, 1.807) is 67.0 Å². The number of pyridine rings is 1. The lowest BCUT2D eigenvalue weighted by Gasteiger charge is -2.13. The summed E-state index contributed by atoms with van der Waals surface area (Å²) < 4.78 is 27.3. The molecule has 0 aliphatic carbocycles. The Labute approximate surface area is 189 Å². The van der Waals surface area contributed by atoms with E-state index in [4.69, 9.17) is 5.73 Å². The van der Waals surface area contributed by atoms with Gasteiger partial charge in [0, 0.05) is 29.1 Å². The van der Waals surface area contributed by atoms with Crippen LogP contribution in [0.3, 0.4) is 0 Å². The largest absolute Gasteiger partial charge is 0.366 e. The zero-order valence-corrected chi connectivity index (χ0v) is 17.4. The number of benzene rings is 3. The Morgan fingerprint density at radius 3 is 2.33 bits per heavy atom. The maximum atomic E-state index is 13.9. The quantitative estimate of drug-likeness (QED) is 0.325. The van der Waals surface area contributed by atoms with Gasteiger partial charge in [0.2, 0.25) is 5.91 Å². The molecule has 5 nitrogen and oxygen atoms in total. The minimum absolute atomic E-state index is 0.309. The molecule has 0 bridgehead atoms. The molecule has 3 aromatic carbocycles. The zero-order valence-electron chi connectivity index (χ0n) is 17.4. The van der Waals surface area contributed by atoms with Gasteiger partial charge in [0.25, 0.3) is 0 Å². The Hall–Kier alpha value is -4.52. The lowest BCUT2D eigenvalue weighted by molar-refractivity contribution is 0.100. The van der Waals surface area contributed by atoms with Crippen molar-refractivity contribution in [1.29, 1.82) is 0 Å². The molecule has 0 unspecified atom stereocenters. The summed E-state index contributed by atoms with van der Waals surface area (Å²) in [6, 6.07) is 19.3. The lowest BCUT2D eigenvalue weighted by atomic mass is 9.95. The van der Waals surface area contributed by atoms with Gasteiger partial charge in [-0.1, -0.05) is 36.4 Å². The third kappa shape index (κ3) is 4.57. The number of primary amides is 1. The Bertz CT molecular complexity index is 1380. The molecule has 1 heterocycles. The maximum absolute atomic E-state index is 13.9. The first-order chi connectivity index (χ1) is 16.0. The molecule has 0 aliphatic rings. The second-order valence-corrected chi connectivity index (χ2v) is 7.11. The Balaban J connectivity index is 1.96. The summed E-state index contributed by atoms with van der Waals surface area (Å²) >= 11 is 0. The molecule has 2 N–H and O–H groups in total. The van der Waals surface area contributed by atoms with E-state index in [2.05, 4.69) is 21.7 Å². The second kappa shape index (κ2) is 9.32. The van der Waals surface area contributed by atoms with E-state index in [0.717, 1.165) is 12.1 Å². The summed E-state index contributed by atoms with van der Waals surface area (Å²) in [4.78, 5) is 24.8. The predicted octanol–water partition coefficient (Wildman–Crippen LogP) is 5.57. The minimum Gasteiger partial charge on any atom is -0.366 e. The Morgan fingerprint density at radius 1 is 0.879 bits per heavy atom. The molecule has 0 fully saturated rings. The van der Waals surface area contributed by atoms with E-state index in [-0.39, 0.29) is 0 Å². The van der Waals surface area contributed by atoms with Gasteiger partial charge in [0.1, 0.15) is 0 Å². The van der Waals surface area contributed by atoms with Crippen molar-refractivity contribution in [3.8, 4) is 22.3 Å². The number of nitrogens with two attached hydrogens (primary N) is 1. The predicted molar refractivity (Wildman–Crippen MR) is 126 cm³/mol. The topological polar surface area (TPSA) is 80.7 Å². The molecule has 1 amide bonds. The molecule has 0 saturated carbocycles. The fourth-order valence-corrected chi connectivity index (χ4v) is 3.44. The highest BCUT2D eigenvalue weighted by atomic mass is 19.2. The minimum atomic E-state index is -0.954. The number of hydrogen-bond donors (Lipinski definition) is 1. The summed E-state index contributed by atoms with van der Waals surface area (Å²) in [5.74, 6) is -2.16. The van der Waals surface area contributed by atoms with Gasteiger partial charge >= 0.3 is 0 Å². The first-order valence-electron chi connectivity index (χ1n) is 9.92. The number of halogens is 2. The van der Waals surface area contributed by atoms with Crippen LogP contribution in [-0.2, 0) is 0 Å².